The van der Waals surface area contributed by atoms with Crippen LogP contribution in [0.5, 0.6) is 5.75 Å². The van der Waals surface area contributed by atoms with Gasteiger partial charge < -0.3 is 20.1 Å². The second-order valence-electron chi connectivity index (χ2n) is 6.61. The summed E-state index contributed by atoms with van der Waals surface area (Å²) in [7, 11) is 3.25. The van der Waals surface area contributed by atoms with Crippen molar-refractivity contribution >= 4 is 6.03 Å². The van der Waals surface area contributed by atoms with Crippen molar-refractivity contribution in [3.05, 3.63) is 102 Å². The van der Waals surface area contributed by atoms with Gasteiger partial charge in [0.25, 0.3) is 0 Å². The van der Waals surface area contributed by atoms with Crippen LogP contribution in [0.1, 0.15) is 28.8 Å². The number of urea groups is 1. The molecule has 2 amide bonds. The second kappa shape index (κ2) is 10.3. The minimum atomic E-state index is -0.275. The van der Waals surface area contributed by atoms with Crippen LogP contribution in [0.4, 0.5) is 4.79 Å². The summed E-state index contributed by atoms with van der Waals surface area (Å²) < 4.78 is 10.8. The Bertz CT molecular complexity index is 861. The van der Waals surface area contributed by atoms with Gasteiger partial charge in [-0.05, 0) is 28.8 Å². The maximum Gasteiger partial charge on any atom is 0.315 e. The van der Waals surface area contributed by atoms with Gasteiger partial charge in [-0.1, -0.05) is 72.8 Å². The van der Waals surface area contributed by atoms with Crippen LogP contribution in [-0.4, -0.2) is 26.8 Å². The van der Waals surface area contributed by atoms with Crippen LogP contribution >= 0.6 is 0 Å². The number of hydrogen-bond acceptors (Lipinski definition) is 3. The number of nitrogens with one attached hydrogen (secondary N) is 2. The zero-order valence-corrected chi connectivity index (χ0v) is 16.7. The summed E-state index contributed by atoms with van der Waals surface area (Å²) >= 11 is 0. The van der Waals surface area contributed by atoms with Crippen LogP contribution in [0.25, 0.3) is 0 Å². The van der Waals surface area contributed by atoms with Crippen LogP contribution in [-0.2, 0) is 4.74 Å². The van der Waals surface area contributed by atoms with Crippen LogP contribution in [0.2, 0.25) is 0 Å². The second-order valence-corrected chi connectivity index (χ2v) is 6.61. The first-order valence-corrected chi connectivity index (χ1v) is 9.52. The van der Waals surface area contributed by atoms with Crippen LogP contribution < -0.4 is 15.4 Å². The highest BCUT2D eigenvalue weighted by molar-refractivity contribution is 5.75. The molecule has 0 aliphatic heterocycles. The Kier molecular flexibility index (Phi) is 7.25. The molecule has 0 saturated carbocycles. The van der Waals surface area contributed by atoms with Gasteiger partial charge in [-0.15, -0.1) is 0 Å². The average molecular weight is 390 g/mol. The summed E-state index contributed by atoms with van der Waals surface area (Å²) in [5, 5.41) is 6.00. The average Bonchev–Trinajstić information content (AvgIpc) is 2.79. The predicted octanol–water partition coefficient (Wildman–Crippen LogP) is 4.47. The fraction of sp³-hybridized carbons (Fsp3) is 0.208. The normalized spacial score (nSPS) is 11.7. The maximum absolute atomic E-state index is 12.7. The number of rotatable bonds is 8. The smallest absolute Gasteiger partial charge is 0.315 e. The van der Waals surface area contributed by atoms with E-state index in [1.54, 1.807) is 14.2 Å². The molecular formula is C24H26N2O3. The lowest BCUT2D eigenvalue weighted by Gasteiger charge is -2.22. The quantitative estimate of drug-likeness (QED) is 0.597. The molecule has 0 unspecified atom stereocenters. The van der Waals surface area contributed by atoms with Crippen molar-refractivity contribution in [2.24, 2.45) is 0 Å². The summed E-state index contributed by atoms with van der Waals surface area (Å²) in [5.74, 6) is 0.752. The van der Waals surface area contributed by atoms with Gasteiger partial charge in [0.2, 0.25) is 0 Å². The van der Waals surface area contributed by atoms with Gasteiger partial charge in [-0.25, -0.2) is 4.79 Å². The van der Waals surface area contributed by atoms with Crippen LogP contribution in [0.15, 0.2) is 84.9 Å². The molecule has 2 N–H and O–H groups in total. The van der Waals surface area contributed by atoms with Gasteiger partial charge in [-0.3, -0.25) is 0 Å². The van der Waals surface area contributed by atoms with Gasteiger partial charge >= 0.3 is 6.03 Å². The first-order chi connectivity index (χ1) is 14.2. The van der Waals surface area contributed by atoms with E-state index in [0.717, 1.165) is 22.4 Å². The molecule has 0 aliphatic rings. The minimum absolute atomic E-state index is 0.241. The van der Waals surface area contributed by atoms with Crippen molar-refractivity contribution in [1.29, 1.82) is 0 Å². The highest BCUT2D eigenvalue weighted by atomic mass is 16.5. The lowest BCUT2D eigenvalue weighted by atomic mass is 9.99. The van der Waals surface area contributed by atoms with Crippen molar-refractivity contribution < 1.29 is 14.3 Å². The van der Waals surface area contributed by atoms with Gasteiger partial charge in [0, 0.05) is 13.7 Å². The maximum atomic E-state index is 12.7. The fourth-order valence-electron chi connectivity index (χ4n) is 3.20. The van der Waals surface area contributed by atoms with Crippen LogP contribution in [0.3, 0.4) is 0 Å². The molecule has 29 heavy (non-hydrogen) atoms. The molecule has 0 bridgehead atoms. The summed E-state index contributed by atoms with van der Waals surface area (Å²) in [6.07, 6.45) is -0.275. The molecule has 0 radical (unpaired) electrons. The van der Waals surface area contributed by atoms with E-state index in [9.17, 15) is 4.79 Å². The van der Waals surface area contributed by atoms with Gasteiger partial charge in [0.15, 0.2) is 0 Å². The predicted molar refractivity (Wildman–Crippen MR) is 114 cm³/mol. The number of carbonyl (C=O) groups is 1. The number of hydrogen-bond donors (Lipinski definition) is 2. The zero-order valence-electron chi connectivity index (χ0n) is 16.7. The first kappa shape index (κ1) is 20.4. The van der Waals surface area contributed by atoms with Crippen molar-refractivity contribution in [2.45, 2.75) is 12.1 Å². The fourth-order valence-corrected chi connectivity index (χ4v) is 3.20. The molecule has 0 aliphatic carbocycles. The third-order valence-corrected chi connectivity index (χ3v) is 4.74. The first-order valence-electron chi connectivity index (χ1n) is 9.52. The van der Waals surface area contributed by atoms with Gasteiger partial charge in [0.1, 0.15) is 5.75 Å². The molecule has 150 valence electrons. The molecule has 3 aromatic rings. The molecule has 0 spiro atoms. The number of benzene rings is 3. The lowest BCUT2D eigenvalue weighted by molar-refractivity contribution is 0.103. The standard InChI is InChI=1S/C24H26N2O3/c1-28-21-15-9-14-20(16-21)22(29-2)17-25-24(27)26-23(18-10-5-3-6-11-18)19-12-7-4-8-13-19/h3-16,22-23H,17H2,1-2H3,(H2,25,26,27)/t22-/m0/s1. The summed E-state index contributed by atoms with van der Waals surface area (Å²) in [4.78, 5) is 12.7. The molecule has 3 rings (SSSR count). The Morgan fingerprint density at radius 3 is 1.97 bits per heavy atom. The van der Waals surface area contributed by atoms with E-state index < -0.39 is 0 Å². The minimum Gasteiger partial charge on any atom is -0.497 e. The Balaban J connectivity index is 1.68. The molecule has 0 saturated heterocycles. The Morgan fingerprint density at radius 2 is 1.41 bits per heavy atom. The number of methoxy groups -OCH3 is 2. The van der Waals surface area contributed by atoms with E-state index in [1.807, 2.05) is 84.9 Å². The van der Waals surface area contributed by atoms with Gasteiger partial charge in [0.05, 0.1) is 19.3 Å². The summed E-state index contributed by atoms with van der Waals surface area (Å²) in [6, 6.07) is 27.0. The molecule has 0 fully saturated rings. The molecule has 0 aromatic heterocycles. The Labute approximate surface area is 171 Å². The number of amides is 2. The third-order valence-electron chi connectivity index (χ3n) is 4.74. The summed E-state index contributed by atoms with van der Waals surface area (Å²) in [5.41, 5.74) is 2.98. The Hall–Kier alpha value is -3.31. The molecule has 3 aromatic carbocycles. The molecule has 0 heterocycles. The van der Waals surface area contributed by atoms with Gasteiger partial charge in [-0.2, -0.15) is 0 Å². The number of carbonyl (C=O) groups excluding carboxylic acids is 1. The van der Waals surface area contributed by atoms with Crippen molar-refractivity contribution in [3.63, 3.8) is 0 Å². The van der Waals surface area contributed by atoms with Crippen molar-refractivity contribution in [3.8, 4) is 5.75 Å². The Morgan fingerprint density at radius 1 is 0.828 bits per heavy atom. The van der Waals surface area contributed by atoms with Crippen molar-refractivity contribution in [2.75, 3.05) is 20.8 Å². The zero-order chi connectivity index (χ0) is 20.5. The van der Waals surface area contributed by atoms with E-state index in [4.69, 9.17) is 9.47 Å². The van der Waals surface area contributed by atoms with Crippen molar-refractivity contribution in [1.82, 2.24) is 10.6 Å². The highest BCUT2D eigenvalue weighted by Crippen LogP contribution is 2.23. The molecule has 5 nitrogen and oxygen atoms in total. The van der Waals surface area contributed by atoms with E-state index >= 15 is 0 Å². The highest BCUT2D eigenvalue weighted by Gasteiger charge is 2.18. The van der Waals surface area contributed by atoms with E-state index in [-0.39, 0.29) is 18.2 Å². The molecule has 5 heteroatoms. The topological polar surface area (TPSA) is 59.6 Å². The third kappa shape index (κ3) is 5.59. The van der Waals surface area contributed by atoms with E-state index in [0.29, 0.717) is 6.54 Å². The largest absolute Gasteiger partial charge is 0.497 e. The van der Waals surface area contributed by atoms with E-state index in [1.165, 1.54) is 0 Å². The lowest BCUT2D eigenvalue weighted by Crippen LogP contribution is -2.40. The van der Waals surface area contributed by atoms with Crippen LogP contribution in [0, 0.1) is 0 Å². The molecule has 1 atom stereocenters. The summed E-state index contributed by atoms with van der Waals surface area (Å²) in [6.45, 7) is 0.339. The SMILES string of the molecule is COc1cccc([C@H](CNC(=O)NC(c2ccccc2)c2ccccc2)OC)c1. The monoisotopic (exact) mass is 390 g/mol. The number of ether oxygens (including phenoxy) is 2. The van der Waals surface area contributed by atoms with E-state index in [2.05, 4.69) is 10.6 Å². The molecular weight excluding hydrogens is 364 g/mol.